The van der Waals surface area contributed by atoms with Crippen LogP contribution in [0.3, 0.4) is 0 Å². The number of rotatable bonds is 4. The predicted octanol–water partition coefficient (Wildman–Crippen LogP) is 3.29. The minimum atomic E-state index is 0.605. The SMILES string of the molecule is CCCSC(C)c1ccncc1. The van der Waals surface area contributed by atoms with E-state index in [0.29, 0.717) is 5.25 Å². The van der Waals surface area contributed by atoms with E-state index in [1.54, 1.807) is 0 Å². The Morgan fingerprint density at radius 2 is 2.08 bits per heavy atom. The first-order valence-electron chi connectivity index (χ1n) is 4.36. The maximum Gasteiger partial charge on any atom is 0.0270 e. The summed E-state index contributed by atoms with van der Waals surface area (Å²) in [5.74, 6) is 1.24. The minimum absolute atomic E-state index is 0.605. The third kappa shape index (κ3) is 2.86. The van der Waals surface area contributed by atoms with Gasteiger partial charge in [-0.25, -0.2) is 0 Å². The Hall–Kier alpha value is -0.500. The highest BCUT2D eigenvalue weighted by molar-refractivity contribution is 7.99. The molecular formula is C10H15NS. The van der Waals surface area contributed by atoms with Crippen LogP contribution in [0.2, 0.25) is 0 Å². The molecule has 0 fully saturated rings. The van der Waals surface area contributed by atoms with Crippen LogP contribution in [0.25, 0.3) is 0 Å². The van der Waals surface area contributed by atoms with Gasteiger partial charge in [-0.1, -0.05) is 6.92 Å². The average molecular weight is 181 g/mol. The molecule has 0 spiro atoms. The van der Waals surface area contributed by atoms with Crippen molar-refractivity contribution in [1.82, 2.24) is 4.98 Å². The van der Waals surface area contributed by atoms with Gasteiger partial charge in [-0.3, -0.25) is 4.98 Å². The first-order chi connectivity index (χ1) is 5.84. The topological polar surface area (TPSA) is 12.9 Å². The average Bonchev–Trinajstić information content (AvgIpc) is 2.15. The highest BCUT2D eigenvalue weighted by Gasteiger charge is 2.03. The second-order valence-electron chi connectivity index (χ2n) is 2.79. The standard InChI is InChI=1S/C10H15NS/c1-3-8-12-9(2)10-4-6-11-7-5-10/h4-7,9H,3,8H2,1-2H3. The molecule has 1 unspecified atom stereocenters. The van der Waals surface area contributed by atoms with Crippen LogP contribution in [-0.4, -0.2) is 10.7 Å². The number of hydrogen-bond acceptors (Lipinski definition) is 2. The van der Waals surface area contributed by atoms with Crippen LogP contribution in [0.1, 0.15) is 31.1 Å². The molecule has 0 radical (unpaired) electrons. The van der Waals surface area contributed by atoms with Crippen LogP contribution in [0.4, 0.5) is 0 Å². The molecule has 1 heterocycles. The lowest BCUT2D eigenvalue weighted by molar-refractivity contribution is 1.05. The Labute approximate surface area is 78.6 Å². The van der Waals surface area contributed by atoms with Crippen LogP contribution >= 0.6 is 11.8 Å². The molecule has 0 N–H and O–H groups in total. The van der Waals surface area contributed by atoms with Crippen molar-refractivity contribution in [3.63, 3.8) is 0 Å². The summed E-state index contributed by atoms with van der Waals surface area (Å²) >= 11 is 2.00. The van der Waals surface area contributed by atoms with E-state index in [4.69, 9.17) is 0 Å². The Bertz CT molecular complexity index is 210. The van der Waals surface area contributed by atoms with Crippen molar-refractivity contribution >= 4 is 11.8 Å². The zero-order valence-corrected chi connectivity index (χ0v) is 8.47. The fourth-order valence-corrected chi connectivity index (χ4v) is 1.96. The number of hydrogen-bond donors (Lipinski definition) is 0. The molecule has 66 valence electrons. The highest BCUT2D eigenvalue weighted by atomic mass is 32.2. The zero-order valence-electron chi connectivity index (χ0n) is 7.66. The second kappa shape index (κ2) is 5.20. The van der Waals surface area contributed by atoms with E-state index in [0.717, 1.165) is 0 Å². The molecule has 0 aliphatic heterocycles. The summed E-state index contributed by atoms with van der Waals surface area (Å²) in [5, 5.41) is 0.605. The molecule has 12 heavy (non-hydrogen) atoms. The van der Waals surface area contributed by atoms with Crippen molar-refractivity contribution in [2.24, 2.45) is 0 Å². The maximum absolute atomic E-state index is 4.00. The summed E-state index contributed by atoms with van der Waals surface area (Å²) in [5.41, 5.74) is 1.38. The quantitative estimate of drug-likeness (QED) is 0.707. The minimum Gasteiger partial charge on any atom is -0.265 e. The third-order valence-corrected chi connectivity index (χ3v) is 3.16. The van der Waals surface area contributed by atoms with Gasteiger partial charge < -0.3 is 0 Å². The van der Waals surface area contributed by atoms with Crippen LogP contribution in [-0.2, 0) is 0 Å². The van der Waals surface area contributed by atoms with E-state index < -0.39 is 0 Å². The lowest BCUT2D eigenvalue weighted by Gasteiger charge is -2.09. The van der Waals surface area contributed by atoms with Crippen molar-refractivity contribution in [3.8, 4) is 0 Å². The van der Waals surface area contributed by atoms with Gasteiger partial charge in [-0.05, 0) is 36.8 Å². The Kier molecular flexibility index (Phi) is 4.15. The highest BCUT2D eigenvalue weighted by Crippen LogP contribution is 2.27. The molecule has 1 rings (SSSR count). The summed E-state index contributed by atoms with van der Waals surface area (Å²) in [6.45, 7) is 4.46. The summed E-state index contributed by atoms with van der Waals surface area (Å²) in [6, 6.07) is 4.18. The van der Waals surface area contributed by atoms with Crippen molar-refractivity contribution in [1.29, 1.82) is 0 Å². The summed E-state index contributed by atoms with van der Waals surface area (Å²) in [4.78, 5) is 4.00. The molecule has 0 bridgehead atoms. The van der Waals surface area contributed by atoms with Gasteiger partial charge in [-0.15, -0.1) is 0 Å². The molecule has 1 atom stereocenters. The molecule has 0 aliphatic carbocycles. The molecule has 0 saturated carbocycles. The third-order valence-electron chi connectivity index (χ3n) is 1.75. The van der Waals surface area contributed by atoms with Gasteiger partial charge in [0.05, 0.1) is 0 Å². The Balaban J connectivity index is 2.48. The second-order valence-corrected chi connectivity index (χ2v) is 4.24. The summed E-state index contributed by atoms with van der Waals surface area (Å²) < 4.78 is 0. The van der Waals surface area contributed by atoms with Gasteiger partial charge in [0.15, 0.2) is 0 Å². The summed E-state index contributed by atoms with van der Waals surface area (Å²) in [7, 11) is 0. The van der Waals surface area contributed by atoms with Crippen LogP contribution < -0.4 is 0 Å². The predicted molar refractivity (Wildman–Crippen MR) is 55.4 cm³/mol. The lowest BCUT2D eigenvalue weighted by atomic mass is 10.2. The van der Waals surface area contributed by atoms with E-state index >= 15 is 0 Å². The van der Waals surface area contributed by atoms with E-state index in [1.807, 2.05) is 24.2 Å². The van der Waals surface area contributed by atoms with Crippen LogP contribution in [0, 0.1) is 0 Å². The van der Waals surface area contributed by atoms with E-state index in [1.165, 1.54) is 17.7 Å². The fraction of sp³-hybridized carbons (Fsp3) is 0.500. The molecule has 1 aromatic rings. The molecule has 0 aliphatic rings. The van der Waals surface area contributed by atoms with E-state index in [9.17, 15) is 0 Å². The molecule has 0 amide bonds. The monoisotopic (exact) mass is 181 g/mol. The molecule has 2 heteroatoms. The van der Waals surface area contributed by atoms with Crippen molar-refractivity contribution in [3.05, 3.63) is 30.1 Å². The Morgan fingerprint density at radius 3 is 2.67 bits per heavy atom. The lowest BCUT2D eigenvalue weighted by Crippen LogP contribution is -1.89. The summed E-state index contributed by atoms with van der Waals surface area (Å²) in [6.07, 6.45) is 4.97. The molecule has 1 nitrogen and oxygen atoms in total. The number of thioether (sulfide) groups is 1. The van der Waals surface area contributed by atoms with Gasteiger partial charge in [0.2, 0.25) is 0 Å². The van der Waals surface area contributed by atoms with Crippen LogP contribution in [0.15, 0.2) is 24.5 Å². The van der Waals surface area contributed by atoms with Gasteiger partial charge in [0, 0.05) is 17.6 Å². The first kappa shape index (κ1) is 9.59. The van der Waals surface area contributed by atoms with E-state index in [-0.39, 0.29) is 0 Å². The van der Waals surface area contributed by atoms with Gasteiger partial charge in [0.1, 0.15) is 0 Å². The molecule has 0 aromatic carbocycles. The smallest absolute Gasteiger partial charge is 0.0270 e. The van der Waals surface area contributed by atoms with Crippen LogP contribution in [0.5, 0.6) is 0 Å². The van der Waals surface area contributed by atoms with Gasteiger partial charge in [0.25, 0.3) is 0 Å². The van der Waals surface area contributed by atoms with Crippen molar-refractivity contribution in [2.45, 2.75) is 25.5 Å². The zero-order chi connectivity index (χ0) is 8.81. The van der Waals surface area contributed by atoms with E-state index in [2.05, 4.69) is 31.0 Å². The molecular weight excluding hydrogens is 166 g/mol. The molecule has 0 saturated heterocycles. The normalized spacial score (nSPS) is 12.8. The molecule has 1 aromatic heterocycles. The van der Waals surface area contributed by atoms with Gasteiger partial charge >= 0.3 is 0 Å². The maximum atomic E-state index is 4.00. The fourth-order valence-electron chi connectivity index (χ4n) is 1.03. The Morgan fingerprint density at radius 1 is 1.42 bits per heavy atom. The van der Waals surface area contributed by atoms with Gasteiger partial charge in [-0.2, -0.15) is 11.8 Å². The first-order valence-corrected chi connectivity index (χ1v) is 5.41. The number of pyridine rings is 1. The number of aromatic nitrogens is 1. The largest absolute Gasteiger partial charge is 0.265 e. The van der Waals surface area contributed by atoms with Crippen molar-refractivity contribution in [2.75, 3.05) is 5.75 Å². The van der Waals surface area contributed by atoms with Crippen molar-refractivity contribution < 1.29 is 0 Å². The number of nitrogens with zero attached hydrogens (tertiary/aromatic N) is 1.